The number of hydrogen-bond acceptors (Lipinski definition) is 2. The van der Waals surface area contributed by atoms with E-state index in [0.717, 1.165) is 38.0 Å². The average molecular weight is 166 g/mol. The lowest BCUT2D eigenvalue weighted by molar-refractivity contribution is 0.0468. The summed E-state index contributed by atoms with van der Waals surface area (Å²) >= 11 is 0. The van der Waals surface area contributed by atoms with Crippen molar-refractivity contribution in [2.45, 2.75) is 31.3 Å². The van der Waals surface area contributed by atoms with Crippen molar-refractivity contribution in [3.05, 3.63) is 24.0 Å². The van der Waals surface area contributed by atoms with Crippen LogP contribution in [0.15, 0.2) is 24.0 Å². The minimum absolute atomic E-state index is 0.728. The Bertz CT molecular complexity index is 230. The summed E-state index contributed by atoms with van der Waals surface area (Å²) in [4.78, 5) is 0. The maximum Gasteiger partial charge on any atom is 0.139 e. The van der Waals surface area contributed by atoms with Gasteiger partial charge in [-0.15, -0.1) is 0 Å². The van der Waals surface area contributed by atoms with Gasteiger partial charge in [-0.3, -0.25) is 0 Å². The van der Waals surface area contributed by atoms with E-state index in [1.54, 1.807) is 0 Å². The van der Waals surface area contributed by atoms with Crippen molar-refractivity contribution in [3.8, 4) is 0 Å². The van der Waals surface area contributed by atoms with Gasteiger partial charge in [0.05, 0.1) is 6.61 Å². The second-order valence-corrected chi connectivity index (χ2v) is 3.42. The third-order valence-electron chi connectivity index (χ3n) is 2.45. The quantitative estimate of drug-likeness (QED) is 0.601. The molecule has 2 aliphatic rings. The van der Waals surface area contributed by atoms with Gasteiger partial charge in [0.15, 0.2) is 0 Å². The van der Waals surface area contributed by atoms with Crippen molar-refractivity contribution < 1.29 is 9.84 Å². The fourth-order valence-electron chi connectivity index (χ4n) is 1.78. The van der Waals surface area contributed by atoms with E-state index in [4.69, 9.17) is 4.74 Å². The molecule has 0 spiro atoms. The second kappa shape index (κ2) is 2.94. The molecule has 0 aromatic heterocycles. The second-order valence-electron chi connectivity index (χ2n) is 3.42. The van der Waals surface area contributed by atoms with Gasteiger partial charge < -0.3 is 9.84 Å². The van der Waals surface area contributed by atoms with Crippen LogP contribution in [0.4, 0.5) is 0 Å². The minimum atomic E-state index is -0.783. The van der Waals surface area contributed by atoms with Crippen LogP contribution in [0, 0.1) is 0 Å². The molecule has 0 amide bonds. The van der Waals surface area contributed by atoms with Crippen LogP contribution in [0.2, 0.25) is 0 Å². The molecule has 2 nitrogen and oxygen atoms in total. The van der Waals surface area contributed by atoms with Gasteiger partial charge in [-0.1, -0.05) is 6.08 Å². The number of ether oxygens (including phenoxy) is 1. The summed E-state index contributed by atoms with van der Waals surface area (Å²) in [5.41, 5.74) is -0.783. The summed E-state index contributed by atoms with van der Waals surface area (Å²) in [5, 5.41) is 10.1. The third kappa shape index (κ3) is 1.27. The first-order valence-electron chi connectivity index (χ1n) is 4.55. The predicted molar refractivity (Wildman–Crippen MR) is 46.6 cm³/mol. The van der Waals surface area contributed by atoms with Crippen LogP contribution < -0.4 is 0 Å². The molecule has 1 N–H and O–H groups in total. The fraction of sp³-hybridized carbons (Fsp3) is 0.600. The van der Waals surface area contributed by atoms with Crippen molar-refractivity contribution in [3.63, 3.8) is 0 Å². The van der Waals surface area contributed by atoms with E-state index in [9.17, 15) is 5.11 Å². The van der Waals surface area contributed by atoms with Gasteiger partial charge in [0.1, 0.15) is 11.4 Å². The van der Waals surface area contributed by atoms with Crippen LogP contribution in [0.5, 0.6) is 0 Å². The first-order chi connectivity index (χ1) is 5.81. The molecule has 2 heteroatoms. The van der Waals surface area contributed by atoms with Crippen molar-refractivity contribution in [2.75, 3.05) is 6.61 Å². The Labute approximate surface area is 72.5 Å². The number of allylic oxidation sites excluding steroid dienone is 1. The predicted octanol–water partition coefficient (Wildman–Crippen LogP) is 1.76. The summed E-state index contributed by atoms with van der Waals surface area (Å²) < 4.78 is 5.36. The lowest BCUT2D eigenvalue weighted by Gasteiger charge is -2.27. The van der Waals surface area contributed by atoms with Crippen molar-refractivity contribution in [1.82, 2.24) is 0 Å². The Kier molecular flexibility index (Phi) is 1.93. The molecule has 0 aromatic rings. The third-order valence-corrected chi connectivity index (χ3v) is 2.45. The topological polar surface area (TPSA) is 29.5 Å². The highest BCUT2D eigenvalue weighted by Crippen LogP contribution is 2.32. The van der Waals surface area contributed by atoms with Gasteiger partial charge in [0, 0.05) is 6.42 Å². The van der Waals surface area contributed by atoms with E-state index in [1.165, 1.54) is 0 Å². The molecule has 66 valence electrons. The van der Waals surface area contributed by atoms with Gasteiger partial charge in [0.25, 0.3) is 0 Å². The molecule has 0 bridgehead atoms. The molecule has 0 aromatic carbocycles. The van der Waals surface area contributed by atoms with Crippen LogP contribution in [0.3, 0.4) is 0 Å². The van der Waals surface area contributed by atoms with Crippen LogP contribution in [0.1, 0.15) is 25.7 Å². The van der Waals surface area contributed by atoms with Gasteiger partial charge in [-0.05, 0) is 31.4 Å². The molecule has 0 fully saturated rings. The molecule has 1 heterocycles. The Morgan fingerprint density at radius 3 is 2.92 bits per heavy atom. The molecule has 0 radical (unpaired) electrons. The van der Waals surface area contributed by atoms with Crippen LogP contribution in [-0.2, 0) is 4.74 Å². The standard InChI is InChI=1S/C10H14O2/c11-10(6-2-1-3-7-10)9-5-4-8-12-9/h2,5-6,11H,1,3-4,7-8H2. The largest absolute Gasteiger partial charge is 0.495 e. The van der Waals surface area contributed by atoms with E-state index < -0.39 is 5.60 Å². The van der Waals surface area contributed by atoms with Crippen LogP contribution in [0.25, 0.3) is 0 Å². The van der Waals surface area contributed by atoms with E-state index in [-0.39, 0.29) is 0 Å². The Balaban J connectivity index is 2.18. The summed E-state index contributed by atoms with van der Waals surface area (Å²) in [6, 6.07) is 0. The van der Waals surface area contributed by atoms with Gasteiger partial charge in [-0.25, -0.2) is 0 Å². The Hall–Kier alpha value is -0.760. The molecule has 1 atom stereocenters. The molecule has 1 aliphatic carbocycles. The Morgan fingerprint density at radius 1 is 1.42 bits per heavy atom. The average Bonchev–Trinajstić information content (AvgIpc) is 2.58. The van der Waals surface area contributed by atoms with Crippen molar-refractivity contribution in [1.29, 1.82) is 0 Å². The van der Waals surface area contributed by atoms with Crippen LogP contribution in [-0.4, -0.2) is 17.3 Å². The first kappa shape index (κ1) is 7.87. The SMILES string of the molecule is OC1(C2=CCCO2)C=CCCC1. The normalized spacial score (nSPS) is 34.6. The zero-order valence-corrected chi connectivity index (χ0v) is 7.12. The van der Waals surface area contributed by atoms with Crippen LogP contribution >= 0.6 is 0 Å². The van der Waals surface area contributed by atoms with E-state index in [1.807, 2.05) is 18.2 Å². The highest BCUT2D eigenvalue weighted by molar-refractivity contribution is 5.23. The van der Waals surface area contributed by atoms with E-state index in [0.29, 0.717) is 0 Å². The fourth-order valence-corrected chi connectivity index (χ4v) is 1.78. The zero-order valence-electron chi connectivity index (χ0n) is 7.12. The lowest BCUT2D eigenvalue weighted by Crippen LogP contribution is -2.30. The maximum absolute atomic E-state index is 10.1. The lowest BCUT2D eigenvalue weighted by atomic mass is 9.89. The maximum atomic E-state index is 10.1. The van der Waals surface area contributed by atoms with Gasteiger partial charge in [0.2, 0.25) is 0 Å². The summed E-state index contributed by atoms with van der Waals surface area (Å²) in [7, 11) is 0. The highest BCUT2D eigenvalue weighted by Gasteiger charge is 2.32. The van der Waals surface area contributed by atoms with Crippen molar-refractivity contribution >= 4 is 0 Å². The molecule has 1 unspecified atom stereocenters. The molecule has 12 heavy (non-hydrogen) atoms. The zero-order chi connectivity index (χ0) is 8.44. The Morgan fingerprint density at radius 2 is 2.33 bits per heavy atom. The minimum Gasteiger partial charge on any atom is -0.495 e. The van der Waals surface area contributed by atoms with E-state index >= 15 is 0 Å². The molecule has 0 saturated heterocycles. The molecular weight excluding hydrogens is 152 g/mol. The molecule has 0 saturated carbocycles. The number of rotatable bonds is 1. The van der Waals surface area contributed by atoms with Gasteiger partial charge >= 0.3 is 0 Å². The highest BCUT2D eigenvalue weighted by atomic mass is 16.5. The molecule has 1 aliphatic heterocycles. The first-order valence-corrected chi connectivity index (χ1v) is 4.55. The molecular formula is C10H14O2. The monoisotopic (exact) mass is 166 g/mol. The van der Waals surface area contributed by atoms with Crippen molar-refractivity contribution in [2.24, 2.45) is 0 Å². The summed E-state index contributed by atoms with van der Waals surface area (Å²) in [5.74, 6) is 0.762. The van der Waals surface area contributed by atoms with Gasteiger partial charge in [-0.2, -0.15) is 0 Å². The summed E-state index contributed by atoms with van der Waals surface area (Å²) in [6.45, 7) is 0.728. The summed E-state index contributed by atoms with van der Waals surface area (Å²) in [6.07, 6.45) is 9.76. The smallest absolute Gasteiger partial charge is 0.139 e. The number of hydrogen-bond donors (Lipinski definition) is 1. The van der Waals surface area contributed by atoms with E-state index in [2.05, 4.69) is 0 Å². The number of aliphatic hydroxyl groups is 1. The molecule has 2 rings (SSSR count).